The van der Waals surface area contributed by atoms with Crippen LogP contribution in [0.2, 0.25) is 0 Å². The molecule has 0 fully saturated rings. The molecule has 1 aromatic heterocycles. The number of aryl methyl sites for hydroxylation is 2. The quantitative estimate of drug-likeness (QED) is 0.713. The van der Waals surface area contributed by atoms with Gasteiger partial charge in [0.25, 0.3) is 5.91 Å². The minimum Gasteiger partial charge on any atom is -0.451 e. The molecule has 0 radical (unpaired) electrons. The predicted octanol–water partition coefficient (Wildman–Crippen LogP) is 5.19. The van der Waals surface area contributed by atoms with Crippen molar-refractivity contribution in [3.05, 3.63) is 71.0 Å². The number of fused-ring (bicyclic) bond motifs is 2. The van der Waals surface area contributed by atoms with Gasteiger partial charge in [0.2, 0.25) is 0 Å². The van der Waals surface area contributed by atoms with E-state index in [1.165, 1.54) is 36.0 Å². The van der Waals surface area contributed by atoms with Crippen LogP contribution >= 0.6 is 0 Å². The average molecular weight is 333 g/mol. The zero-order chi connectivity index (χ0) is 17.2. The van der Waals surface area contributed by atoms with E-state index in [0.29, 0.717) is 5.76 Å². The molecule has 1 N–H and O–H groups in total. The zero-order valence-corrected chi connectivity index (χ0v) is 14.5. The molecule has 0 bridgehead atoms. The fourth-order valence-corrected chi connectivity index (χ4v) is 3.71. The number of rotatable bonds is 4. The summed E-state index contributed by atoms with van der Waals surface area (Å²) in [5.74, 6) is 0.221. The number of hydrogen-bond acceptors (Lipinski definition) is 2. The molecule has 1 heterocycles. The average Bonchev–Trinajstić information content (AvgIpc) is 3.10. The van der Waals surface area contributed by atoms with Crippen molar-refractivity contribution in [3.8, 4) is 0 Å². The number of amides is 1. The minimum absolute atomic E-state index is 0.00735. The van der Waals surface area contributed by atoms with E-state index in [4.69, 9.17) is 4.42 Å². The summed E-state index contributed by atoms with van der Waals surface area (Å²) >= 11 is 0. The molecule has 3 heteroatoms. The molecule has 0 saturated heterocycles. The molecule has 1 unspecified atom stereocenters. The Morgan fingerprint density at radius 3 is 2.68 bits per heavy atom. The van der Waals surface area contributed by atoms with Crippen molar-refractivity contribution >= 4 is 16.9 Å². The molecule has 25 heavy (non-hydrogen) atoms. The van der Waals surface area contributed by atoms with E-state index in [2.05, 4.69) is 30.4 Å². The van der Waals surface area contributed by atoms with E-state index < -0.39 is 0 Å². The third-order valence-electron chi connectivity index (χ3n) is 5.14. The Kier molecular flexibility index (Phi) is 4.31. The largest absolute Gasteiger partial charge is 0.451 e. The molecule has 128 valence electrons. The van der Waals surface area contributed by atoms with E-state index in [-0.39, 0.29) is 11.9 Å². The minimum atomic E-state index is -0.152. The van der Waals surface area contributed by atoms with Crippen LogP contribution in [0.4, 0.5) is 0 Å². The smallest absolute Gasteiger partial charge is 0.287 e. The Bertz CT molecular complexity index is 876. The van der Waals surface area contributed by atoms with E-state index in [0.717, 1.165) is 23.8 Å². The predicted molar refractivity (Wildman–Crippen MR) is 99.8 cm³/mol. The van der Waals surface area contributed by atoms with E-state index >= 15 is 0 Å². The van der Waals surface area contributed by atoms with Crippen LogP contribution in [-0.4, -0.2) is 5.91 Å². The summed E-state index contributed by atoms with van der Waals surface area (Å²) in [6.45, 7) is 2.10. The highest BCUT2D eigenvalue weighted by molar-refractivity contribution is 5.96. The third-order valence-corrected chi connectivity index (χ3v) is 5.14. The maximum Gasteiger partial charge on any atom is 0.287 e. The Labute approximate surface area is 148 Å². The topological polar surface area (TPSA) is 42.2 Å². The van der Waals surface area contributed by atoms with Gasteiger partial charge in [-0.2, -0.15) is 0 Å². The lowest BCUT2D eigenvalue weighted by Gasteiger charge is -2.21. The lowest BCUT2D eigenvalue weighted by Crippen LogP contribution is -2.28. The van der Waals surface area contributed by atoms with Crippen LogP contribution in [0, 0.1) is 0 Å². The lowest BCUT2D eigenvalue weighted by molar-refractivity contribution is 0.0909. The first-order chi connectivity index (χ1) is 12.2. The Morgan fingerprint density at radius 1 is 1.08 bits per heavy atom. The van der Waals surface area contributed by atoms with Gasteiger partial charge in [-0.3, -0.25) is 4.79 Å². The molecule has 0 aliphatic heterocycles. The number of furan rings is 1. The van der Waals surface area contributed by atoms with Gasteiger partial charge in [0, 0.05) is 5.39 Å². The maximum absolute atomic E-state index is 12.6. The van der Waals surface area contributed by atoms with Crippen molar-refractivity contribution in [1.82, 2.24) is 5.32 Å². The molecule has 1 amide bonds. The first-order valence-electron chi connectivity index (χ1n) is 9.15. The molecule has 1 atom stereocenters. The van der Waals surface area contributed by atoms with Gasteiger partial charge in [-0.15, -0.1) is 0 Å². The summed E-state index contributed by atoms with van der Waals surface area (Å²) in [6.07, 6.45) is 5.73. The van der Waals surface area contributed by atoms with E-state index in [9.17, 15) is 4.79 Å². The number of para-hydroxylation sites is 1. The van der Waals surface area contributed by atoms with Crippen LogP contribution in [0.15, 0.2) is 52.9 Å². The van der Waals surface area contributed by atoms with E-state index in [1.54, 1.807) is 0 Å². The molecular formula is C22H23NO2. The number of nitrogens with one attached hydrogen (secondary N) is 1. The molecule has 4 rings (SSSR count). The molecule has 2 aromatic carbocycles. The molecule has 3 aromatic rings. The Hall–Kier alpha value is -2.55. The normalized spacial score (nSPS) is 14.9. The highest BCUT2D eigenvalue weighted by Crippen LogP contribution is 2.27. The number of hydrogen-bond donors (Lipinski definition) is 1. The highest BCUT2D eigenvalue weighted by atomic mass is 16.3. The Morgan fingerprint density at radius 2 is 1.88 bits per heavy atom. The zero-order valence-electron chi connectivity index (χ0n) is 14.5. The second-order valence-electron chi connectivity index (χ2n) is 6.82. The van der Waals surface area contributed by atoms with Gasteiger partial charge >= 0.3 is 0 Å². The van der Waals surface area contributed by atoms with Gasteiger partial charge < -0.3 is 9.73 Å². The standard InChI is InChI=1S/C22H23NO2/c1-2-19(17-12-11-15-7-3-4-8-16(15)13-17)23-22(24)21-14-18-9-5-6-10-20(18)25-21/h5-6,9-14,19H,2-4,7-8H2,1H3,(H,23,24). The van der Waals surface area contributed by atoms with Crippen molar-refractivity contribution in [3.63, 3.8) is 0 Å². The summed E-state index contributed by atoms with van der Waals surface area (Å²) in [6, 6.07) is 16.2. The van der Waals surface area contributed by atoms with Crippen molar-refractivity contribution in [2.75, 3.05) is 0 Å². The first kappa shape index (κ1) is 15.9. The molecule has 3 nitrogen and oxygen atoms in total. The summed E-state index contributed by atoms with van der Waals surface area (Å²) < 4.78 is 5.69. The van der Waals surface area contributed by atoms with Gasteiger partial charge in [0.15, 0.2) is 5.76 Å². The van der Waals surface area contributed by atoms with Crippen LogP contribution in [0.1, 0.15) is 59.5 Å². The van der Waals surface area contributed by atoms with Crippen LogP contribution in [0.25, 0.3) is 11.0 Å². The number of carbonyl (C=O) groups excluding carboxylic acids is 1. The summed E-state index contributed by atoms with van der Waals surface area (Å²) in [5, 5.41) is 4.09. The van der Waals surface area contributed by atoms with Gasteiger partial charge in [-0.25, -0.2) is 0 Å². The second kappa shape index (κ2) is 6.75. The monoisotopic (exact) mass is 333 g/mol. The van der Waals surface area contributed by atoms with Crippen molar-refractivity contribution in [1.29, 1.82) is 0 Å². The Balaban J connectivity index is 1.56. The van der Waals surface area contributed by atoms with Crippen LogP contribution in [-0.2, 0) is 12.8 Å². The highest BCUT2D eigenvalue weighted by Gasteiger charge is 2.19. The van der Waals surface area contributed by atoms with Crippen LogP contribution in [0.3, 0.4) is 0 Å². The van der Waals surface area contributed by atoms with Crippen molar-refractivity contribution in [2.24, 2.45) is 0 Å². The fraction of sp³-hybridized carbons (Fsp3) is 0.318. The molecule has 1 aliphatic carbocycles. The first-order valence-corrected chi connectivity index (χ1v) is 9.15. The molecular weight excluding hydrogens is 310 g/mol. The van der Waals surface area contributed by atoms with Gasteiger partial charge in [0.1, 0.15) is 5.58 Å². The number of benzene rings is 2. The van der Waals surface area contributed by atoms with Crippen LogP contribution in [0.5, 0.6) is 0 Å². The molecule has 0 spiro atoms. The SMILES string of the molecule is CCC(NC(=O)c1cc2ccccc2o1)c1ccc2c(c1)CCCC2. The van der Waals surface area contributed by atoms with Crippen LogP contribution < -0.4 is 5.32 Å². The maximum atomic E-state index is 12.6. The fourth-order valence-electron chi connectivity index (χ4n) is 3.71. The van der Waals surface area contributed by atoms with Gasteiger partial charge in [-0.05, 0) is 60.9 Å². The molecule has 0 saturated carbocycles. The van der Waals surface area contributed by atoms with Gasteiger partial charge in [-0.1, -0.05) is 43.3 Å². The number of carbonyl (C=O) groups is 1. The van der Waals surface area contributed by atoms with Crippen molar-refractivity contribution in [2.45, 2.75) is 45.1 Å². The summed E-state index contributed by atoms with van der Waals surface area (Å²) in [4.78, 5) is 12.6. The molecule has 1 aliphatic rings. The van der Waals surface area contributed by atoms with Crippen molar-refractivity contribution < 1.29 is 9.21 Å². The second-order valence-corrected chi connectivity index (χ2v) is 6.82. The van der Waals surface area contributed by atoms with Gasteiger partial charge in [0.05, 0.1) is 6.04 Å². The van der Waals surface area contributed by atoms with E-state index in [1.807, 2.05) is 30.3 Å². The summed E-state index contributed by atoms with van der Waals surface area (Å²) in [5.41, 5.74) is 4.84. The third kappa shape index (κ3) is 3.19. The lowest BCUT2D eigenvalue weighted by atomic mass is 9.89. The summed E-state index contributed by atoms with van der Waals surface area (Å²) in [7, 11) is 0.